The lowest BCUT2D eigenvalue weighted by molar-refractivity contribution is 1.31. The van der Waals surface area contributed by atoms with E-state index >= 15 is 0 Å². The predicted octanol–water partition coefficient (Wildman–Crippen LogP) is 8.69. The van der Waals surface area contributed by atoms with Crippen molar-refractivity contribution in [3.63, 3.8) is 0 Å². The summed E-state index contributed by atoms with van der Waals surface area (Å²) in [7, 11) is 0. The highest BCUT2D eigenvalue weighted by molar-refractivity contribution is 6.82. The zero-order valence-electron chi connectivity index (χ0n) is 26.1. The van der Waals surface area contributed by atoms with E-state index in [2.05, 4.69) is 188 Å². The van der Waals surface area contributed by atoms with Gasteiger partial charge in [-0.15, -0.1) is 0 Å². The molecule has 7 aromatic carbocycles. The fourth-order valence-corrected chi connectivity index (χ4v) is 8.63. The molecule has 0 radical (unpaired) electrons. The Kier molecular flexibility index (Phi) is 5.25. The Hall–Kier alpha value is -6.13. The van der Waals surface area contributed by atoms with Gasteiger partial charge < -0.3 is 18.6 Å². The zero-order valence-corrected chi connectivity index (χ0v) is 26.1. The SMILES string of the molecule is c1ccc(N2B(c3ccc(B4N(c5ccccc5)c5cccc6c7ccccc7n4c56)cc3)n3c4ccccc4c4cccc2c43)cc1. The molecule has 6 heteroatoms. The summed E-state index contributed by atoms with van der Waals surface area (Å²) >= 11 is 0. The zero-order chi connectivity index (χ0) is 31.3. The van der Waals surface area contributed by atoms with Crippen molar-refractivity contribution >= 4 is 91.3 Å². The second kappa shape index (κ2) is 9.69. The van der Waals surface area contributed by atoms with Crippen molar-refractivity contribution in [3.8, 4) is 0 Å². The standard InChI is InChI=1S/C42H28B2N4/c1-3-13-31(14-4-1)45-39-23-11-19-35-33-17-7-9-21-37(33)47(41(35)39)43(45)29-25-27-30(28-26-29)44-46(32-15-5-2-6-16-32)40-24-12-20-36-34-18-8-10-22-38(34)48(44)42(36)40/h1-28H. The first kappa shape index (κ1) is 26.0. The summed E-state index contributed by atoms with van der Waals surface area (Å²) in [6, 6.07) is 62.3. The van der Waals surface area contributed by atoms with Crippen molar-refractivity contribution in [1.82, 2.24) is 8.96 Å². The van der Waals surface area contributed by atoms with Gasteiger partial charge in [0.25, 0.3) is 0 Å². The van der Waals surface area contributed by atoms with Crippen LogP contribution in [0.5, 0.6) is 0 Å². The average molecular weight is 610 g/mol. The average Bonchev–Trinajstić information content (AvgIpc) is 3.89. The predicted molar refractivity (Wildman–Crippen MR) is 204 cm³/mol. The van der Waals surface area contributed by atoms with Crippen molar-refractivity contribution in [3.05, 3.63) is 170 Å². The Morgan fingerprint density at radius 2 is 0.688 bits per heavy atom. The molecule has 0 saturated carbocycles. The molecule has 222 valence electrons. The van der Waals surface area contributed by atoms with E-state index in [4.69, 9.17) is 0 Å². The first-order valence-electron chi connectivity index (χ1n) is 16.7. The molecule has 0 atom stereocenters. The number of nitrogens with zero attached hydrogens (tertiary/aromatic N) is 4. The van der Waals surface area contributed by atoms with Gasteiger partial charge in [0.15, 0.2) is 0 Å². The van der Waals surface area contributed by atoms with E-state index in [1.54, 1.807) is 0 Å². The van der Waals surface area contributed by atoms with E-state index < -0.39 is 0 Å². The van der Waals surface area contributed by atoms with Crippen LogP contribution in [0.3, 0.4) is 0 Å². The lowest BCUT2D eigenvalue weighted by Gasteiger charge is -2.28. The van der Waals surface area contributed by atoms with Gasteiger partial charge in [-0.25, -0.2) is 0 Å². The van der Waals surface area contributed by atoms with Gasteiger partial charge in [0.2, 0.25) is 0 Å². The minimum Gasteiger partial charge on any atom is -0.360 e. The Morgan fingerprint density at radius 3 is 1.12 bits per heavy atom. The normalized spacial score (nSPS) is 13.7. The van der Waals surface area contributed by atoms with Crippen molar-refractivity contribution < 1.29 is 0 Å². The number of hydrogen-bond acceptors (Lipinski definition) is 2. The minimum atomic E-state index is -0.0219. The monoisotopic (exact) mass is 610 g/mol. The molecule has 48 heavy (non-hydrogen) atoms. The lowest BCUT2D eigenvalue weighted by atomic mass is 9.62. The van der Waals surface area contributed by atoms with Gasteiger partial charge in [0.05, 0.1) is 22.4 Å². The summed E-state index contributed by atoms with van der Waals surface area (Å²) in [5, 5.41) is 5.20. The fourth-order valence-electron chi connectivity index (χ4n) is 8.63. The Labute approximate surface area is 278 Å². The number of benzene rings is 7. The van der Waals surface area contributed by atoms with Crippen LogP contribution in [-0.4, -0.2) is 22.9 Å². The third kappa shape index (κ3) is 3.36. The third-order valence-corrected chi connectivity index (χ3v) is 10.5. The molecule has 0 fully saturated rings. The molecule has 0 aliphatic carbocycles. The van der Waals surface area contributed by atoms with E-state index in [1.165, 1.54) is 77.3 Å². The van der Waals surface area contributed by atoms with Crippen molar-refractivity contribution in [2.75, 3.05) is 9.62 Å². The van der Waals surface area contributed by atoms with Gasteiger partial charge in [-0.1, -0.05) is 121 Å². The van der Waals surface area contributed by atoms with Crippen LogP contribution in [0.2, 0.25) is 0 Å². The molecule has 0 N–H and O–H groups in total. The summed E-state index contributed by atoms with van der Waals surface area (Å²) in [6.07, 6.45) is 0. The molecule has 2 aromatic heterocycles. The van der Waals surface area contributed by atoms with E-state index in [-0.39, 0.29) is 14.0 Å². The highest BCUT2D eigenvalue weighted by Crippen LogP contribution is 2.45. The van der Waals surface area contributed by atoms with Crippen LogP contribution < -0.4 is 20.5 Å². The highest BCUT2D eigenvalue weighted by atomic mass is 15.2. The van der Waals surface area contributed by atoms with E-state index in [0.717, 1.165) is 0 Å². The smallest absolute Gasteiger partial charge is 0.360 e. The Morgan fingerprint density at radius 1 is 0.312 bits per heavy atom. The molecule has 2 aliphatic rings. The molecule has 0 amide bonds. The van der Waals surface area contributed by atoms with E-state index in [1.807, 2.05) is 0 Å². The van der Waals surface area contributed by atoms with E-state index in [9.17, 15) is 0 Å². The maximum atomic E-state index is 2.55. The van der Waals surface area contributed by atoms with Crippen LogP contribution >= 0.6 is 0 Å². The van der Waals surface area contributed by atoms with Gasteiger partial charge in [0.1, 0.15) is 0 Å². The number of fused-ring (bicyclic) bond motifs is 6. The molecule has 0 bridgehead atoms. The van der Waals surface area contributed by atoms with Gasteiger partial charge in [-0.05, 0) is 59.5 Å². The van der Waals surface area contributed by atoms with Crippen LogP contribution in [-0.2, 0) is 0 Å². The minimum absolute atomic E-state index is 0.0219. The van der Waals surface area contributed by atoms with Gasteiger partial charge in [-0.2, -0.15) is 0 Å². The summed E-state index contributed by atoms with van der Waals surface area (Å²) in [4.78, 5) is 5.02. The first-order valence-corrected chi connectivity index (χ1v) is 16.7. The van der Waals surface area contributed by atoms with Crippen molar-refractivity contribution in [2.24, 2.45) is 0 Å². The maximum Gasteiger partial charge on any atom is 0.420 e. The Balaban J connectivity index is 1.12. The van der Waals surface area contributed by atoms with Crippen LogP contribution in [0.25, 0.3) is 43.6 Å². The van der Waals surface area contributed by atoms with Gasteiger partial charge >= 0.3 is 14.0 Å². The molecule has 9 aromatic rings. The summed E-state index contributed by atoms with van der Waals surface area (Å²) in [5.41, 5.74) is 12.5. The third-order valence-electron chi connectivity index (χ3n) is 10.5. The van der Waals surface area contributed by atoms with E-state index in [0.29, 0.717) is 0 Å². The lowest BCUT2D eigenvalue weighted by Crippen LogP contribution is -2.51. The second-order valence-corrected chi connectivity index (χ2v) is 12.9. The van der Waals surface area contributed by atoms with Crippen LogP contribution in [0.1, 0.15) is 0 Å². The maximum absolute atomic E-state index is 2.55. The summed E-state index contributed by atoms with van der Waals surface area (Å²) in [5.74, 6) is 0. The Bertz CT molecular complexity index is 2510. The molecule has 4 nitrogen and oxygen atoms in total. The first-order chi connectivity index (χ1) is 23.9. The molecule has 4 heterocycles. The highest BCUT2D eigenvalue weighted by Gasteiger charge is 2.42. The molecule has 0 unspecified atom stereocenters. The van der Waals surface area contributed by atoms with Crippen molar-refractivity contribution in [2.45, 2.75) is 0 Å². The van der Waals surface area contributed by atoms with Gasteiger partial charge in [0, 0.05) is 44.0 Å². The number of anilines is 4. The quantitative estimate of drug-likeness (QED) is 0.186. The number of hydrogen-bond donors (Lipinski definition) is 0. The molecule has 0 saturated heterocycles. The summed E-state index contributed by atoms with van der Waals surface area (Å²) < 4.78 is 5.10. The molecular formula is C42H28B2N4. The number of para-hydroxylation sites is 6. The topological polar surface area (TPSA) is 16.3 Å². The van der Waals surface area contributed by atoms with Crippen LogP contribution in [0.15, 0.2) is 170 Å². The number of rotatable bonds is 4. The second-order valence-electron chi connectivity index (χ2n) is 12.9. The fraction of sp³-hybridized carbons (Fsp3) is 0. The largest absolute Gasteiger partial charge is 0.420 e. The summed E-state index contributed by atoms with van der Waals surface area (Å²) in [6.45, 7) is -0.0438. The van der Waals surface area contributed by atoms with Crippen LogP contribution in [0.4, 0.5) is 22.7 Å². The molecule has 2 aliphatic heterocycles. The molecule has 0 spiro atoms. The van der Waals surface area contributed by atoms with Crippen LogP contribution in [0, 0.1) is 0 Å². The molecular weight excluding hydrogens is 582 g/mol. The number of aromatic nitrogens is 2. The van der Waals surface area contributed by atoms with Crippen molar-refractivity contribution in [1.29, 1.82) is 0 Å². The molecule has 11 rings (SSSR count). The van der Waals surface area contributed by atoms with Gasteiger partial charge in [-0.3, -0.25) is 0 Å².